The Morgan fingerprint density at radius 2 is 2.19 bits per heavy atom. The van der Waals surface area contributed by atoms with Crippen LogP contribution in [0.5, 0.6) is 0 Å². The molecule has 90 valence electrons. The van der Waals surface area contributed by atoms with Gasteiger partial charge in [0.05, 0.1) is 0 Å². The van der Waals surface area contributed by atoms with Crippen molar-refractivity contribution < 1.29 is 4.21 Å². The van der Waals surface area contributed by atoms with Crippen LogP contribution in [0.15, 0.2) is 12.4 Å². The molecule has 0 saturated heterocycles. The molecule has 1 aromatic heterocycles. The average Bonchev–Trinajstić information content (AvgIpc) is 2.29. The fourth-order valence-corrected chi connectivity index (χ4v) is 1.84. The SMILES string of the molecule is CCS(=O)CCNc1cc(C(C)C)ncn1. The third-order valence-corrected chi connectivity index (χ3v) is 3.54. The molecular formula is C11H19N3OS. The first-order valence-corrected chi connectivity index (χ1v) is 7.03. The van der Waals surface area contributed by atoms with Gasteiger partial charge in [-0.1, -0.05) is 20.8 Å². The van der Waals surface area contributed by atoms with Gasteiger partial charge < -0.3 is 5.32 Å². The van der Waals surface area contributed by atoms with E-state index in [1.54, 1.807) is 6.33 Å². The van der Waals surface area contributed by atoms with Gasteiger partial charge in [-0.3, -0.25) is 4.21 Å². The number of rotatable bonds is 6. The molecule has 1 atom stereocenters. The highest BCUT2D eigenvalue weighted by atomic mass is 32.2. The van der Waals surface area contributed by atoms with Gasteiger partial charge in [0.2, 0.25) is 0 Å². The van der Waals surface area contributed by atoms with E-state index in [1.807, 2.05) is 13.0 Å². The highest BCUT2D eigenvalue weighted by Crippen LogP contribution is 2.13. The highest BCUT2D eigenvalue weighted by Gasteiger charge is 2.02. The van der Waals surface area contributed by atoms with Crippen molar-refractivity contribution in [3.05, 3.63) is 18.1 Å². The quantitative estimate of drug-likeness (QED) is 0.825. The zero-order chi connectivity index (χ0) is 12.0. The van der Waals surface area contributed by atoms with Crippen LogP contribution in [-0.2, 0) is 10.8 Å². The highest BCUT2D eigenvalue weighted by molar-refractivity contribution is 7.84. The van der Waals surface area contributed by atoms with E-state index in [-0.39, 0.29) is 0 Å². The monoisotopic (exact) mass is 241 g/mol. The molecular weight excluding hydrogens is 222 g/mol. The third kappa shape index (κ3) is 4.26. The zero-order valence-corrected chi connectivity index (χ0v) is 10.9. The summed E-state index contributed by atoms with van der Waals surface area (Å²) in [6.45, 7) is 6.81. The van der Waals surface area contributed by atoms with Crippen molar-refractivity contribution in [2.75, 3.05) is 23.4 Å². The summed E-state index contributed by atoms with van der Waals surface area (Å²) in [5.41, 5.74) is 1.02. The summed E-state index contributed by atoms with van der Waals surface area (Å²) in [5, 5.41) is 3.16. The van der Waals surface area contributed by atoms with Crippen molar-refractivity contribution >= 4 is 16.6 Å². The van der Waals surface area contributed by atoms with Crippen LogP contribution in [0.25, 0.3) is 0 Å². The van der Waals surface area contributed by atoms with Gasteiger partial charge in [-0.05, 0) is 5.92 Å². The Bertz CT molecular complexity index is 355. The van der Waals surface area contributed by atoms with E-state index >= 15 is 0 Å². The molecule has 0 saturated carbocycles. The first-order chi connectivity index (χ1) is 7.63. The van der Waals surface area contributed by atoms with Gasteiger partial charge in [-0.15, -0.1) is 0 Å². The van der Waals surface area contributed by atoms with E-state index in [0.29, 0.717) is 24.0 Å². The largest absolute Gasteiger partial charge is 0.369 e. The van der Waals surface area contributed by atoms with Crippen molar-refractivity contribution in [2.45, 2.75) is 26.7 Å². The maximum Gasteiger partial charge on any atom is 0.129 e. The number of hydrogen-bond donors (Lipinski definition) is 1. The lowest BCUT2D eigenvalue weighted by molar-refractivity contribution is 0.684. The van der Waals surface area contributed by atoms with Crippen LogP contribution < -0.4 is 5.32 Å². The number of nitrogens with one attached hydrogen (secondary N) is 1. The zero-order valence-electron chi connectivity index (χ0n) is 10.1. The van der Waals surface area contributed by atoms with Crippen molar-refractivity contribution in [3.63, 3.8) is 0 Å². The van der Waals surface area contributed by atoms with Crippen LogP contribution in [0.4, 0.5) is 5.82 Å². The van der Waals surface area contributed by atoms with Crippen LogP contribution in [-0.4, -0.2) is 32.2 Å². The first-order valence-electron chi connectivity index (χ1n) is 5.54. The second-order valence-electron chi connectivity index (χ2n) is 3.84. The molecule has 0 aromatic carbocycles. The number of aromatic nitrogens is 2. The van der Waals surface area contributed by atoms with Crippen LogP contribution in [0.1, 0.15) is 32.4 Å². The van der Waals surface area contributed by atoms with Gasteiger partial charge in [0.15, 0.2) is 0 Å². The normalized spacial score (nSPS) is 12.8. The smallest absolute Gasteiger partial charge is 0.129 e. The van der Waals surface area contributed by atoms with Gasteiger partial charge >= 0.3 is 0 Å². The fourth-order valence-electron chi connectivity index (χ4n) is 1.22. The minimum Gasteiger partial charge on any atom is -0.369 e. The van der Waals surface area contributed by atoms with E-state index in [1.165, 1.54) is 0 Å². The molecule has 0 radical (unpaired) electrons. The molecule has 0 fully saturated rings. The van der Waals surface area contributed by atoms with E-state index in [4.69, 9.17) is 0 Å². The minimum atomic E-state index is -0.721. The maximum absolute atomic E-state index is 11.2. The summed E-state index contributed by atoms with van der Waals surface area (Å²) in [7, 11) is -0.721. The van der Waals surface area contributed by atoms with Crippen LogP contribution in [0.2, 0.25) is 0 Å². The van der Waals surface area contributed by atoms with Gasteiger partial charge in [-0.25, -0.2) is 9.97 Å². The predicted octanol–water partition coefficient (Wildman–Crippen LogP) is 1.78. The Hall–Kier alpha value is -0.970. The molecule has 1 unspecified atom stereocenters. The third-order valence-electron chi connectivity index (χ3n) is 2.24. The second-order valence-corrected chi connectivity index (χ2v) is 5.71. The van der Waals surface area contributed by atoms with E-state index in [9.17, 15) is 4.21 Å². The molecule has 0 bridgehead atoms. The van der Waals surface area contributed by atoms with Crippen molar-refractivity contribution in [3.8, 4) is 0 Å². The van der Waals surface area contributed by atoms with Crippen LogP contribution >= 0.6 is 0 Å². The topological polar surface area (TPSA) is 54.9 Å². The maximum atomic E-state index is 11.2. The van der Waals surface area contributed by atoms with Gasteiger partial charge in [0.1, 0.15) is 12.1 Å². The fraction of sp³-hybridized carbons (Fsp3) is 0.636. The van der Waals surface area contributed by atoms with Crippen LogP contribution in [0, 0.1) is 0 Å². The molecule has 1 heterocycles. The van der Waals surface area contributed by atoms with E-state index in [2.05, 4.69) is 29.1 Å². The molecule has 1 rings (SSSR count). The summed E-state index contributed by atoms with van der Waals surface area (Å²) in [6.07, 6.45) is 1.56. The average molecular weight is 241 g/mol. The number of anilines is 1. The Morgan fingerprint density at radius 3 is 2.81 bits per heavy atom. The predicted molar refractivity (Wildman–Crippen MR) is 68.2 cm³/mol. The lowest BCUT2D eigenvalue weighted by Crippen LogP contribution is -2.13. The molecule has 4 nitrogen and oxygen atoms in total. The van der Waals surface area contributed by atoms with Gasteiger partial charge in [0.25, 0.3) is 0 Å². The first kappa shape index (κ1) is 13.1. The Morgan fingerprint density at radius 1 is 1.44 bits per heavy atom. The molecule has 16 heavy (non-hydrogen) atoms. The second kappa shape index (κ2) is 6.58. The van der Waals surface area contributed by atoms with E-state index in [0.717, 1.165) is 11.5 Å². The van der Waals surface area contributed by atoms with Crippen molar-refractivity contribution in [2.24, 2.45) is 0 Å². The summed E-state index contributed by atoms with van der Waals surface area (Å²) in [6, 6.07) is 1.94. The molecule has 0 amide bonds. The van der Waals surface area contributed by atoms with Crippen molar-refractivity contribution in [1.29, 1.82) is 0 Å². The molecule has 1 aromatic rings. The van der Waals surface area contributed by atoms with Crippen molar-refractivity contribution in [1.82, 2.24) is 9.97 Å². The van der Waals surface area contributed by atoms with E-state index < -0.39 is 10.8 Å². The van der Waals surface area contributed by atoms with Gasteiger partial charge in [-0.2, -0.15) is 0 Å². The Balaban J connectivity index is 2.48. The number of nitrogens with zero attached hydrogens (tertiary/aromatic N) is 2. The lowest BCUT2D eigenvalue weighted by Gasteiger charge is -2.08. The molecule has 0 aliphatic carbocycles. The summed E-state index contributed by atoms with van der Waals surface area (Å²) in [5.74, 6) is 2.58. The summed E-state index contributed by atoms with van der Waals surface area (Å²) < 4.78 is 11.2. The molecule has 0 aliphatic heterocycles. The molecule has 0 aliphatic rings. The standard InChI is InChI=1S/C11H19N3OS/c1-4-16(15)6-5-12-11-7-10(9(2)3)13-8-14-11/h7-9H,4-6H2,1-3H3,(H,12,13,14). The van der Waals surface area contributed by atoms with Crippen LogP contribution in [0.3, 0.4) is 0 Å². The molecule has 5 heteroatoms. The lowest BCUT2D eigenvalue weighted by atomic mass is 10.1. The molecule has 0 spiro atoms. The summed E-state index contributed by atoms with van der Waals surface area (Å²) in [4.78, 5) is 8.31. The van der Waals surface area contributed by atoms with Gasteiger partial charge in [0, 0.05) is 40.6 Å². The summed E-state index contributed by atoms with van der Waals surface area (Å²) >= 11 is 0. The molecule has 1 N–H and O–H groups in total. The Labute approximate surface area is 99.3 Å². The minimum absolute atomic E-state index is 0.397. The number of hydrogen-bond acceptors (Lipinski definition) is 4. The Kier molecular flexibility index (Phi) is 5.38.